The SMILES string of the molecule is CCCC(=O)[C@@]1(O)[C@H](O)[C@@H](CO)O[C@@]1(C(=O)CCC)n1cnc2c(N)ncnc21. The van der Waals surface area contributed by atoms with Crippen molar-refractivity contribution in [3.8, 4) is 0 Å². The second-order valence-electron chi connectivity index (χ2n) is 7.09. The van der Waals surface area contributed by atoms with Crippen molar-refractivity contribution < 1.29 is 29.6 Å². The van der Waals surface area contributed by atoms with Crippen LogP contribution < -0.4 is 5.73 Å². The van der Waals surface area contributed by atoms with E-state index in [0.29, 0.717) is 12.8 Å². The highest BCUT2D eigenvalue weighted by Gasteiger charge is 2.73. The number of carbonyl (C=O) groups is 2. The minimum absolute atomic E-state index is 0.0347. The van der Waals surface area contributed by atoms with Gasteiger partial charge in [-0.25, -0.2) is 15.0 Å². The Balaban J connectivity index is 2.36. The lowest BCUT2D eigenvalue weighted by atomic mass is 9.77. The molecule has 0 unspecified atom stereocenters. The molecule has 0 spiro atoms. The molecule has 0 aliphatic carbocycles. The van der Waals surface area contributed by atoms with Crippen LogP contribution in [0.5, 0.6) is 0 Å². The zero-order valence-corrected chi connectivity index (χ0v) is 16.3. The standard InChI is InChI=1S/C18H25N5O6/c1-3-5-11(25)17(28)14(27)10(7-24)29-18(17,12(26)6-4-2)23-9-22-13-15(19)20-8-21-16(13)23/h8-10,14,24,27-28H,3-7H2,1-2H3,(H2,19,20,21)/t10-,14-,17-,18-/m1/s1. The van der Waals surface area contributed by atoms with Crippen LogP contribution in [0.4, 0.5) is 5.82 Å². The lowest BCUT2D eigenvalue weighted by Crippen LogP contribution is -2.66. The highest BCUT2D eigenvalue weighted by atomic mass is 16.6. The Bertz CT molecular complexity index is 933. The van der Waals surface area contributed by atoms with Gasteiger partial charge in [0.25, 0.3) is 0 Å². The van der Waals surface area contributed by atoms with E-state index in [4.69, 9.17) is 10.5 Å². The van der Waals surface area contributed by atoms with Gasteiger partial charge in [-0.15, -0.1) is 0 Å². The van der Waals surface area contributed by atoms with E-state index in [2.05, 4.69) is 15.0 Å². The van der Waals surface area contributed by atoms with Crippen molar-refractivity contribution in [2.75, 3.05) is 12.3 Å². The number of ketones is 2. The molecule has 3 rings (SSSR count). The third-order valence-corrected chi connectivity index (χ3v) is 5.26. The lowest BCUT2D eigenvalue weighted by molar-refractivity contribution is -0.201. The van der Waals surface area contributed by atoms with Crippen LogP contribution in [0.3, 0.4) is 0 Å². The molecule has 1 aliphatic heterocycles. The minimum Gasteiger partial charge on any atom is -0.394 e. The normalized spacial score (nSPS) is 29.4. The third kappa shape index (κ3) is 2.84. The summed E-state index contributed by atoms with van der Waals surface area (Å²) in [5.74, 6) is -1.40. The second kappa shape index (κ2) is 7.75. The zero-order chi connectivity index (χ0) is 21.4. The van der Waals surface area contributed by atoms with Crippen LogP contribution in [0.2, 0.25) is 0 Å². The quantitative estimate of drug-likeness (QED) is 0.437. The predicted molar refractivity (Wildman–Crippen MR) is 100 cm³/mol. The van der Waals surface area contributed by atoms with Gasteiger partial charge in [0.1, 0.15) is 30.4 Å². The van der Waals surface area contributed by atoms with E-state index in [1.807, 2.05) is 0 Å². The molecule has 1 fully saturated rings. The van der Waals surface area contributed by atoms with E-state index < -0.39 is 41.7 Å². The summed E-state index contributed by atoms with van der Waals surface area (Å²) >= 11 is 0. The van der Waals surface area contributed by atoms with Crippen LogP contribution in [-0.4, -0.2) is 70.8 Å². The molecule has 1 saturated heterocycles. The van der Waals surface area contributed by atoms with Gasteiger partial charge in [-0.2, -0.15) is 0 Å². The number of nitrogen functional groups attached to an aromatic ring is 1. The van der Waals surface area contributed by atoms with Crippen LogP contribution in [0.1, 0.15) is 39.5 Å². The molecule has 0 saturated carbocycles. The predicted octanol–water partition coefficient (Wildman–Crippen LogP) is -0.717. The molecule has 0 radical (unpaired) electrons. The summed E-state index contributed by atoms with van der Waals surface area (Å²) in [6.45, 7) is 2.76. The molecule has 29 heavy (non-hydrogen) atoms. The molecule has 2 aromatic heterocycles. The monoisotopic (exact) mass is 407 g/mol. The molecular formula is C18H25N5O6. The molecule has 5 N–H and O–H groups in total. The molecule has 0 aromatic carbocycles. The summed E-state index contributed by atoms with van der Waals surface area (Å²) in [5.41, 5.74) is 1.01. The van der Waals surface area contributed by atoms with E-state index in [9.17, 15) is 24.9 Å². The molecule has 4 atom stereocenters. The van der Waals surface area contributed by atoms with Crippen LogP contribution in [0, 0.1) is 0 Å². The molecule has 0 amide bonds. The Morgan fingerprint density at radius 2 is 1.86 bits per heavy atom. The van der Waals surface area contributed by atoms with E-state index >= 15 is 0 Å². The average molecular weight is 407 g/mol. The van der Waals surface area contributed by atoms with E-state index in [0.717, 1.165) is 10.9 Å². The van der Waals surface area contributed by atoms with Crippen molar-refractivity contribution in [3.63, 3.8) is 0 Å². The maximum absolute atomic E-state index is 13.4. The minimum atomic E-state index is -2.66. The fourth-order valence-electron chi connectivity index (χ4n) is 3.88. The van der Waals surface area contributed by atoms with Gasteiger partial charge in [0.15, 0.2) is 23.0 Å². The number of nitrogens with two attached hydrogens (primary N) is 1. The Labute approximate surface area is 166 Å². The van der Waals surface area contributed by atoms with Crippen molar-refractivity contribution in [1.29, 1.82) is 0 Å². The molecule has 2 aromatic rings. The van der Waals surface area contributed by atoms with Crippen LogP contribution >= 0.6 is 0 Å². The Morgan fingerprint density at radius 1 is 1.21 bits per heavy atom. The number of Topliss-reactive ketones (excluding diaryl/α,β-unsaturated/α-hetero) is 2. The summed E-state index contributed by atoms with van der Waals surface area (Å²) < 4.78 is 6.92. The van der Waals surface area contributed by atoms with Gasteiger partial charge in [-0.05, 0) is 12.8 Å². The van der Waals surface area contributed by atoms with Crippen LogP contribution in [0.15, 0.2) is 12.7 Å². The molecule has 11 heteroatoms. The first-order valence-corrected chi connectivity index (χ1v) is 9.49. The number of aliphatic hydroxyl groups excluding tert-OH is 2. The summed E-state index contributed by atoms with van der Waals surface area (Å²) in [4.78, 5) is 38.5. The van der Waals surface area contributed by atoms with Crippen molar-refractivity contribution in [3.05, 3.63) is 12.7 Å². The molecule has 11 nitrogen and oxygen atoms in total. The highest BCUT2D eigenvalue weighted by molar-refractivity contribution is 6.00. The number of aliphatic hydroxyl groups is 3. The molecule has 3 heterocycles. The summed E-state index contributed by atoms with van der Waals surface area (Å²) in [6, 6.07) is 0. The second-order valence-corrected chi connectivity index (χ2v) is 7.09. The van der Waals surface area contributed by atoms with E-state index in [-0.39, 0.29) is 29.8 Å². The number of nitrogens with zero attached hydrogens (tertiary/aromatic N) is 4. The largest absolute Gasteiger partial charge is 0.394 e. The number of carbonyl (C=O) groups excluding carboxylic acids is 2. The fraction of sp³-hybridized carbons (Fsp3) is 0.611. The number of hydrogen-bond donors (Lipinski definition) is 4. The van der Waals surface area contributed by atoms with E-state index in [1.54, 1.807) is 13.8 Å². The first kappa shape index (κ1) is 21.2. The first-order chi connectivity index (χ1) is 13.8. The number of fused-ring (bicyclic) bond motifs is 1. The van der Waals surface area contributed by atoms with Gasteiger partial charge in [0, 0.05) is 12.8 Å². The molecule has 1 aliphatic rings. The topological polar surface area (TPSA) is 174 Å². The number of hydrogen-bond acceptors (Lipinski definition) is 10. The summed E-state index contributed by atoms with van der Waals surface area (Å²) in [7, 11) is 0. The van der Waals surface area contributed by atoms with Crippen molar-refractivity contribution in [1.82, 2.24) is 19.5 Å². The van der Waals surface area contributed by atoms with Crippen molar-refractivity contribution in [2.24, 2.45) is 0 Å². The lowest BCUT2D eigenvalue weighted by Gasteiger charge is -2.40. The van der Waals surface area contributed by atoms with Gasteiger partial charge < -0.3 is 25.8 Å². The van der Waals surface area contributed by atoms with Gasteiger partial charge in [0.2, 0.25) is 11.3 Å². The molecule has 0 bridgehead atoms. The van der Waals surface area contributed by atoms with E-state index in [1.165, 1.54) is 6.33 Å². The number of imidazole rings is 1. The highest BCUT2D eigenvalue weighted by Crippen LogP contribution is 2.47. The van der Waals surface area contributed by atoms with Crippen molar-refractivity contribution >= 4 is 28.5 Å². The molecular weight excluding hydrogens is 382 g/mol. The fourth-order valence-corrected chi connectivity index (χ4v) is 3.88. The number of rotatable bonds is 8. The van der Waals surface area contributed by atoms with Gasteiger partial charge in [-0.3, -0.25) is 14.2 Å². The van der Waals surface area contributed by atoms with Crippen LogP contribution in [-0.2, 0) is 20.1 Å². The van der Waals surface area contributed by atoms with Gasteiger partial charge in [-0.1, -0.05) is 13.8 Å². The Morgan fingerprint density at radius 3 is 2.48 bits per heavy atom. The Hall–Kier alpha value is -2.47. The zero-order valence-electron chi connectivity index (χ0n) is 16.3. The maximum Gasteiger partial charge on any atom is 0.247 e. The average Bonchev–Trinajstić information content (AvgIpc) is 3.23. The van der Waals surface area contributed by atoms with Crippen LogP contribution in [0.25, 0.3) is 11.2 Å². The first-order valence-electron chi connectivity index (χ1n) is 9.49. The Kier molecular flexibility index (Phi) is 5.68. The summed E-state index contributed by atoms with van der Waals surface area (Å²) in [6.07, 6.45) is -0.314. The number of aromatic nitrogens is 4. The summed E-state index contributed by atoms with van der Waals surface area (Å²) in [5, 5.41) is 32.1. The third-order valence-electron chi connectivity index (χ3n) is 5.26. The van der Waals surface area contributed by atoms with Crippen molar-refractivity contribution in [2.45, 2.75) is 63.1 Å². The maximum atomic E-state index is 13.4. The smallest absolute Gasteiger partial charge is 0.247 e. The number of ether oxygens (including phenoxy) is 1. The molecule has 158 valence electrons. The number of anilines is 1. The van der Waals surface area contributed by atoms with Gasteiger partial charge >= 0.3 is 0 Å². The van der Waals surface area contributed by atoms with Gasteiger partial charge in [0.05, 0.1) is 6.61 Å².